The van der Waals surface area contributed by atoms with Gasteiger partial charge in [-0.05, 0) is 17.7 Å². The zero-order chi connectivity index (χ0) is 11.8. The molecule has 2 rings (SSSR count). The minimum Gasteiger partial charge on any atom is -0.497 e. The molecule has 2 nitrogen and oxygen atoms in total. The van der Waals surface area contributed by atoms with E-state index < -0.39 is 11.6 Å². The van der Waals surface area contributed by atoms with E-state index in [1.54, 1.807) is 0 Å². The van der Waals surface area contributed by atoms with Crippen LogP contribution in [0.5, 0.6) is 5.75 Å². The van der Waals surface area contributed by atoms with Crippen molar-refractivity contribution in [1.29, 1.82) is 0 Å². The first-order valence-corrected chi connectivity index (χ1v) is 4.79. The molecule has 1 aromatic carbocycles. The molecule has 0 aliphatic carbocycles. The van der Waals surface area contributed by atoms with Crippen molar-refractivity contribution in [3.8, 4) is 5.75 Å². The molecule has 0 spiro atoms. The van der Waals surface area contributed by atoms with Gasteiger partial charge in [0, 0.05) is 0 Å². The second kappa shape index (κ2) is 3.66. The van der Waals surface area contributed by atoms with Crippen LogP contribution in [0.1, 0.15) is 5.56 Å². The van der Waals surface area contributed by atoms with E-state index in [9.17, 15) is 13.2 Å². The molecule has 88 valence electrons. The van der Waals surface area contributed by atoms with E-state index in [1.165, 1.54) is 31.4 Å². The van der Waals surface area contributed by atoms with Crippen molar-refractivity contribution in [3.63, 3.8) is 0 Å². The van der Waals surface area contributed by atoms with Crippen molar-refractivity contribution in [2.75, 3.05) is 20.3 Å². The third-order valence-electron chi connectivity index (χ3n) is 2.88. The Hall–Kier alpha value is -1.23. The van der Waals surface area contributed by atoms with Gasteiger partial charge in [-0.1, -0.05) is 12.1 Å². The Labute approximate surface area is 91.0 Å². The second-order valence-electron chi connectivity index (χ2n) is 3.80. The fraction of sp³-hybridized carbons (Fsp3) is 0.455. The quantitative estimate of drug-likeness (QED) is 0.780. The normalized spacial score (nSPS) is 19.0. The molecule has 16 heavy (non-hydrogen) atoms. The third kappa shape index (κ3) is 1.55. The summed E-state index contributed by atoms with van der Waals surface area (Å²) >= 11 is 0. The van der Waals surface area contributed by atoms with Crippen LogP contribution in [0.3, 0.4) is 0 Å². The molecule has 0 bridgehead atoms. The number of hydrogen-bond donors (Lipinski definition) is 0. The molecule has 5 heteroatoms. The van der Waals surface area contributed by atoms with Crippen LogP contribution in [-0.2, 0) is 10.2 Å². The topological polar surface area (TPSA) is 18.5 Å². The maximum absolute atomic E-state index is 12.9. The van der Waals surface area contributed by atoms with Crippen molar-refractivity contribution in [3.05, 3.63) is 29.8 Å². The van der Waals surface area contributed by atoms with Gasteiger partial charge in [0.1, 0.15) is 11.2 Å². The molecule has 0 unspecified atom stereocenters. The maximum Gasteiger partial charge on any atom is 0.402 e. The lowest BCUT2D eigenvalue weighted by Crippen LogP contribution is -2.57. The standard InChI is InChI=1S/C11H11F3O2/c1-15-9-4-2-8(3-5-9)10(6-16-7-10)11(12,13)14/h2-5H,6-7H2,1H3. The van der Waals surface area contributed by atoms with Crippen LogP contribution in [0.4, 0.5) is 13.2 Å². The Morgan fingerprint density at radius 2 is 1.75 bits per heavy atom. The molecule has 1 aromatic rings. The summed E-state index contributed by atoms with van der Waals surface area (Å²) < 4.78 is 48.4. The molecule has 1 fully saturated rings. The van der Waals surface area contributed by atoms with Crippen LogP contribution in [-0.4, -0.2) is 26.5 Å². The molecule has 0 N–H and O–H groups in total. The lowest BCUT2D eigenvalue weighted by Gasteiger charge is -2.43. The first kappa shape index (κ1) is 11.3. The number of ether oxygens (including phenoxy) is 2. The fourth-order valence-electron chi connectivity index (χ4n) is 1.71. The minimum atomic E-state index is -4.28. The second-order valence-corrected chi connectivity index (χ2v) is 3.80. The van der Waals surface area contributed by atoms with E-state index in [2.05, 4.69) is 0 Å². The van der Waals surface area contributed by atoms with Gasteiger partial charge in [-0.2, -0.15) is 13.2 Å². The van der Waals surface area contributed by atoms with E-state index in [-0.39, 0.29) is 18.8 Å². The van der Waals surface area contributed by atoms with Crippen LogP contribution in [0, 0.1) is 0 Å². The molecule has 1 saturated heterocycles. The molecular weight excluding hydrogens is 221 g/mol. The average molecular weight is 232 g/mol. The summed E-state index contributed by atoms with van der Waals surface area (Å²) in [4.78, 5) is 0. The van der Waals surface area contributed by atoms with E-state index in [0.29, 0.717) is 5.75 Å². The summed E-state index contributed by atoms with van der Waals surface area (Å²) in [7, 11) is 1.47. The Bertz CT molecular complexity index is 366. The van der Waals surface area contributed by atoms with E-state index in [0.717, 1.165) is 0 Å². The number of hydrogen-bond acceptors (Lipinski definition) is 2. The van der Waals surface area contributed by atoms with Crippen molar-refractivity contribution in [2.24, 2.45) is 0 Å². The summed E-state index contributed by atoms with van der Waals surface area (Å²) in [6.45, 7) is -0.605. The van der Waals surface area contributed by atoms with Gasteiger partial charge in [-0.3, -0.25) is 0 Å². The number of alkyl halides is 3. The number of rotatable bonds is 2. The number of methoxy groups -OCH3 is 1. The van der Waals surface area contributed by atoms with Gasteiger partial charge >= 0.3 is 6.18 Å². The molecule has 0 atom stereocenters. The highest BCUT2D eigenvalue weighted by atomic mass is 19.4. The Morgan fingerprint density at radius 1 is 1.19 bits per heavy atom. The molecule has 1 aliphatic rings. The SMILES string of the molecule is COc1ccc(C2(C(F)(F)F)COC2)cc1. The number of benzene rings is 1. The molecule has 0 amide bonds. The fourth-order valence-corrected chi connectivity index (χ4v) is 1.71. The smallest absolute Gasteiger partial charge is 0.402 e. The van der Waals surface area contributed by atoms with Crippen LogP contribution in [0.25, 0.3) is 0 Å². The first-order valence-electron chi connectivity index (χ1n) is 4.79. The predicted molar refractivity (Wildman–Crippen MR) is 51.5 cm³/mol. The van der Waals surface area contributed by atoms with Gasteiger partial charge in [0.2, 0.25) is 0 Å². The highest BCUT2D eigenvalue weighted by Gasteiger charge is 2.60. The average Bonchev–Trinajstić information content (AvgIpc) is 2.15. The molecule has 0 saturated carbocycles. The first-order chi connectivity index (χ1) is 7.49. The highest BCUT2D eigenvalue weighted by Crippen LogP contribution is 2.46. The molecule has 1 aliphatic heterocycles. The minimum absolute atomic E-state index is 0.229. The van der Waals surface area contributed by atoms with Crippen molar-refractivity contribution in [2.45, 2.75) is 11.6 Å². The van der Waals surface area contributed by atoms with Gasteiger partial charge in [0.05, 0.1) is 20.3 Å². The van der Waals surface area contributed by atoms with Crippen LogP contribution in [0.15, 0.2) is 24.3 Å². The van der Waals surface area contributed by atoms with Gasteiger partial charge in [0.25, 0.3) is 0 Å². The molecular formula is C11H11F3O2. The maximum atomic E-state index is 12.9. The largest absolute Gasteiger partial charge is 0.497 e. The van der Waals surface area contributed by atoms with E-state index >= 15 is 0 Å². The summed E-state index contributed by atoms with van der Waals surface area (Å²) in [6.07, 6.45) is -4.28. The summed E-state index contributed by atoms with van der Waals surface area (Å²) in [5, 5.41) is 0. The molecule has 1 heterocycles. The van der Waals surface area contributed by atoms with Gasteiger partial charge in [-0.15, -0.1) is 0 Å². The summed E-state index contributed by atoms with van der Waals surface area (Å²) in [6, 6.07) is 5.94. The molecule has 0 radical (unpaired) electrons. The molecule has 0 aromatic heterocycles. The van der Waals surface area contributed by atoms with Gasteiger partial charge in [0.15, 0.2) is 0 Å². The Kier molecular flexibility index (Phi) is 2.58. The van der Waals surface area contributed by atoms with Crippen LogP contribution >= 0.6 is 0 Å². The van der Waals surface area contributed by atoms with E-state index in [4.69, 9.17) is 9.47 Å². The Balaban J connectivity index is 2.34. The lowest BCUT2D eigenvalue weighted by molar-refractivity contribution is -0.262. The van der Waals surface area contributed by atoms with E-state index in [1.807, 2.05) is 0 Å². The van der Waals surface area contributed by atoms with Crippen molar-refractivity contribution in [1.82, 2.24) is 0 Å². The zero-order valence-electron chi connectivity index (χ0n) is 8.67. The monoisotopic (exact) mass is 232 g/mol. The lowest BCUT2D eigenvalue weighted by atomic mass is 9.78. The summed E-state index contributed by atoms with van der Waals surface area (Å²) in [5.41, 5.74) is -1.61. The predicted octanol–water partition coefficient (Wildman–Crippen LogP) is 2.53. The van der Waals surface area contributed by atoms with Crippen molar-refractivity contribution >= 4 is 0 Å². The number of halogens is 3. The van der Waals surface area contributed by atoms with Crippen molar-refractivity contribution < 1.29 is 22.6 Å². The van der Waals surface area contributed by atoms with Gasteiger partial charge < -0.3 is 9.47 Å². The Morgan fingerprint density at radius 3 is 2.06 bits per heavy atom. The summed E-state index contributed by atoms with van der Waals surface area (Å²) in [5.74, 6) is 0.543. The third-order valence-corrected chi connectivity index (χ3v) is 2.88. The van der Waals surface area contributed by atoms with Gasteiger partial charge in [-0.25, -0.2) is 0 Å². The zero-order valence-corrected chi connectivity index (χ0v) is 8.67. The van der Waals surface area contributed by atoms with Crippen LogP contribution < -0.4 is 4.74 Å². The van der Waals surface area contributed by atoms with Crippen LogP contribution in [0.2, 0.25) is 0 Å². The highest BCUT2D eigenvalue weighted by molar-refractivity contribution is 5.35.